The third-order valence-corrected chi connectivity index (χ3v) is 2.75. The molecule has 2 aromatic rings. The smallest absolute Gasteiger partial charge is 0.322 e. The highest BCUT2D eigenvalue weighted by molar-refractivity contribution is 7.13. The number of nitrogens with one attached hydrogen (secondary N) is 1. The van der Waals surface area contributed by atoms with Crippen LogP contribution in [0, 0.1) is 0 Å². The Labute approximate surface area is 95.8 Å². The maximum absolute atomic E-state index is 10.4. The second-order valence-corrected chi connectivity index (χ2v) is 3.96. The van der Waals surface area contributed by atoms with Gasteiger partial charge in [0.05, 0.1) is 10.6 Å². The first kappa shape index (κ1) is 10.6. The third kappa shape index (κ3) is 2.54. The van der Waals surface area contributed by atoms with Gasteiger partial charge in [0, 0.05) is 6.07 Å². The summed E-state index contributed by atoms with van der Waals surface area (Å²) in [5, 5.41) is 13.2. The molecular weight excluding hydrogens is 226 g/mol. The summed E-state index contributed by atoms with van der Waals surface area (Å²) in [6.45, 7) is -0.152. The van der Waals surface area contributed by atoms with Crippen LogP contribution in [0.5, 0.6) is 0 Å². The fourth-order valence-electron chi connectivity index (χ4n) is 1.18. The summed E-state index contributed by atoms with van der Waals surface area (Å²) in [7, 11) is 0. The van der Waals surface area contributed by atoms with Crippen LogP contribution in [0.2, 0.25) is 0 Å². The van der Waals surface area contributed by atoms with Crippen LogP contribution in [0.3, 0.4) is 0 Å². The van der Waals surface area contributed by atoms with Crippen LogP contribution in [0.25, 0.3) is 10.6 Å². The average molecular weight is 235 g/mol. The number of thiophene rings is 1. The van der Waals surface area contributed by atoms with E-state index < -0.39 is 5.97 Å². The Morgan fingerprint density at radius 3 is 3.06 bits per heavy atom. The van der Waals surface area contributed by atoms with Gasteiger partial charge in [0.1, 0.15) is 18.7 Å². The number of hydrogen-bond donors (Lipinski definition) is 2. The van der Waals surface area contributed by atoms with Crippen LogP contribution in [0.1, 0.15) is 0 Å². The Balaban J connectivity index is 2.17. The van der Waals surface area contributed by atoms with Crippen LogP contribution in [0.15, 0.2) is 29.9 Å². The van der Waals surface area contributed by atoms with E-state index >= 15 is 0 Å². The van der Waals surface area contributed by atoms with Crippen molar-refractivity contribution in [2.24, 2.45) is 0 Å². The minimum Gasteiger partial charge on any atom is -0.480 e. The highest BCUT2D eigenvalue weighted by Gasteiger charge is 2.03. The zero-order valence-electron chi connectivity index (χ0n) is 8.25. The zero-order valence-corrected chi connectivity index (χ0v) is 9.07. The van der Waals surface area contributed by atoms with Crippen LogP contribution in [-0.4, -0.2) is 27.6 Å². The van der Waals surface area contributed by atoms with Crippen LogP contribution in [0.4, 0.5) is 5.82 Å². The van der Waals surface area contributed by atoms with E-state index in [9.17, 15) is 4.79 Å². The Hall–Kier alpha value is -1.95. The van der Waals surface area contributed by atoms with Gasteiger partial charge in [0.15, 0.2) is 0 Å². The lowest BCUT2D eigenvalue weighted by Crippen LogP contribution is -2.13. The molecule has 0 aliphatic rings. The van der Waals surface area contributed by atoms with Gasteiger partial charge in [0.2, 0.25) is 0 Å². The molecule has 82 valence electrons. The van der Waals surface area contributed by atoms with Crippen LogP contribution < -0.4 is 5.32 Å². The normalized spacial score (nSPS) is 10.0. The van der Waals surface area contributed by atoms with Gasteiger partial charge < -0.3 is 10.4 Å². The molecule has 0 saturated heterocycles. The van der Waals surface area contributed by atoms with Crippen molar-refractivity contribution in [3.8, 4) is 10.6 Å². The molecular formula is C10H9N3O2S. The SMILES string of the molecule is O=C(O)CNc1cc(-c2cccs2)ncn1. The van der Waals surface area contributed by atoms with Gasteiger partial charge in [-0.25, -0.2) is 9.97 Å². The molecule has 0 saturated carbocycles. The number of carbonyl (C=O) groups is 1. The Morgan fingerprint density at radius 2 is 2.38 bits per heavy atom. The molecule has 16 heavy (non-hydrogen) atoms. The van der Waals surface area contributed by atoms with Crippen LogP contribution in [-0.2, 0) is 4.79 Å². The highest BCUT2D eigenvalue weighted by atomic mass is 32.1. The van der Waals surface area contributed by atoms with E-state index in [1.54, 1.807) is 17.4 Å². The fourth-order valence-corrected chi connectivity index (χ4v) is 1.87. The molecule has 2 rings (SSSR count). The Bertz CT molecular complexity index is 485. The van der Waals surface area contributed by atoms with Gasteiger partial charge >= 0.3 is 5.97 Å². The summed E-state index contributed by atoms with van der Waals surface area (Å²) >= 11 is 1.57. The van der Waals surface area contributed by atoms with Gasteiger partial charge in [-0.3, -0.25) is 4.79 Å². The minimum atomic E-state index is -0.920. The molecule has 0 unspecified atom stereocenters. The van der Waals surface area contributed by atoms with Gasteiger partial charge in [-0.2, -0.15) is 0 Å². The lowest BCUT2D eigenvalue weighted by atomic mass is 10.3. The van der Waals surface area contributed by atoms with Crippen molar-refractivity contribution in [3.63, 3.8) is 0 Å². The first-order valence-electron chi connectivity index (χ1n) is 4.57. The van der Waals surface area contributed by atoms with E-state index in [1.807, 2.05) is 17.5 Å². The maximum Gasteiger partial charge on any atom is 0.322 e. The average Bonchev–Trinajstić information content (AvgIpc) is 2.80. The second-order valence-electron chi connectivity index (χ2n) is 3.01. The summed E-state index contributed by atoms with van der Waals surface area (Å²) in [6.07, 6.45) is 1.42. The minimum absolute atomic E-state index is 0.152. The number of anilines is 1. The molecule has 6 heteroatoms. The first-order valence-corrected chi connectivity index (χ1v) is 5.45. The predicted octanol–water partition coefficient (Wildman–Crippen LogP) is 1.70. The second kappa shape index (κ2) is 4.71. The van der Waals surface area contributed by atoms with Crippen molar-refractivity contribution < 1.29 is 9.90 Å². The molecule has 0 spiro atoms. The molecule has 5 nitrogen and oxygen atoms in total. The van der Waals surface area contributed by atoms with E-state index in [2.05, 4.69) is 15.3 Å². The molecule has 0 bridgehead atoms. The molecule has 0 atom stereocenters. The van der Waals surface area contributed by atoms with Crippen molar-refractivity contribution in [1.29, 1.82) is 0 Å². The highest BCUT2D eigenvalue weighted by Crippen LogP contribution is 2.23. The molecule has 2 heterocycles. The van der Waals surface area contributed by atoms with Gasteiger partial charge in [-0.15, -0.1) is 11.3 Å². The molecule has 0 aliphatic heterocycles. The molecule has 0 aromatic carbocycles. The zero-order chi connectivity index (χ0) is 11.4. The largest absolute Gasteiger partial charge is 0.480 e. The molecule has 0 aliphatic carbocycles. The van der Waals surface area contributed by atoms with E-state index in [4.69, 9.17) is 5.11 Å². The molecule has 2 aromatic heterocycles. The lowest BCUT2D eigenvalue weighted by molar-refractivity contribution is -0.134. The number of hydrogen-bond acceptors (Lipinski definition) is 5. The number of aliphatic carboxylic acids is 1. The summed E-state index contributed by atoms with van der Waals surface area (Å²) in [4.78, 5) is 19.5. The number of rotatable bonds is 4. The Morgan fingerprint density at radius 1 is 1.50 bits per heavy atom. The summed E-state index contributed by atoms with van der Waals surface area (Å²) in [5.41, 5.74) is 0.790. The van der Waals surface area contributed by atoms with Gasteiger partial charge in [-0.1, -0.05) is 6.07 Å². The molecule has 2 N–H and O–H groups in total. The van der Waals surface area contributed by atoms with Crippen molar-refractivity contribution >= 4 is 23.1 Å². The first-order chi connectivity index (χ1) is 7.75. The summed E-state index contributed by atoms with van der Waals surface area (Å²) in [6, 6.07) is 5.62. The summed E-state index contributed by atoms with van der Waals surface area (Å²) in [5.74, 6) is -0.405. The quantitative estimate of drug-likeness (QED) is 0.843. The monoisotopic (exact) mass is 235 g/mol. The van der Waals surface area contributed by atoms with Gasteiger partial charge in [0.25, 0.3) is 0 Å². The maximum atomic E-state index is 10.4. The predicted molar refractivity (Wildman–Crippen MR) is 61.5 cm³/mol. The van der Waals surface area contributed by atoms with E-state index in [0.29, 0.717) is 5.82 Å². The standard InChI is InChI=1S/C10H9N3O2S/c14-10(15)5-11-9-4-7(12-6-13-9)8-2-1-3-16-8/h1-4,6H,5H2,(H,14,15)(H,11,12,13). The third-order valence-electron chi connectivity index (χ3n) is 1.86. The molecule has 0 fully saturated rings. The van der Waals surface area contributed by atoms with Crippen molar-refractivity contribution in [3.05, 3.63) is 29.9 Å². The van der Waals surface area contributed by atoms with E-state index in [0.717, 1.165) is 10.6 Å². The fraction of sp³-hybridized carbons (Fsp3) is 0.100. The number of carboxylic acid groups (broad SMARTS) is 1. The van der Waals surface area contributed by atoms with Crippen molar-refractivity contribution in [1.82, 2.24) is 9.97 Å². The number of carboxylic acids is 1. The number of aromatic nitrogens is 2. The van der Waals surface area contributed by atoms with E-state index in [-0.39, 0.29) is 6.54 Å². The van der Waals surface area contributed by atoms with Crippen molar-refractivity contribution in [2.75, 3.05) is 11.9 Å². The van der Waals surface area contributed by atoms with E-state index in [1.165, 1.54) is 6.33 Å². The van der Waals surface area contributed by atoms with Gasteiger partial charge in [-0.05, 0) is 11.4 Å². The molecule has 0 amide bonds. The lowest BCUT2D eigenvalue weighted by Gasteiger charge is -2.03. The topological polar surface area (TPSA) is 75.1 Å². The number of nitrogens with zero attached hydrogens (tertiary/aromatic N) is 2. The van der Waals surface area contributed by atoms with Crippen LogP contribution >= 0.6 is 11.3 Å². The van der Waals surface area contributed by atoms with Crippen molar-refractivity contribution in [2.45, 2.75) is 0 Å². The molecule has 0 radical (unpaired) electrons. The summed E-state index contributed by atoms with van der Waals surface area (Å²) < 4.78 is 0. The Kier molecular flexibility index (Phi) is 3.11.